The Morgan fingerprint density at radius 3 is 2.58 bits per heavy atom. The molecular weight excluding hydrogens is 470 g/mol. The number of methoxy groups -OCH3 is 1. The first kappa shape index (κ1) is 27.5. The van der Waals surface area contributed by atoms with Gasteiger partial charge in [0.1, 0.15) is 5.75 Å². The van der Waals surface area contributed by atoms with Crippen LogP contribution in [0.2, 0.25) is 0 Å². The second kappa shape index (κ2) is 12.2. The maximum Gasteiger partial charge on any atom is 0.338 e. The summed E-state index contributed by atoms with van der Waals surface area (Å²) in [5, 5.41) is 1.97. The quantitative estimate of drug-likeness (QED) is 0.316. The molecule has 1 aliphatic carbocycles. The minimum Gasteiger partial charge on any atom is -0.497 e. The Morgan fingerprint density at radius 2 is 1.86 bits per heavy atom. The molecule has 0 aromatic heterocycles. The molecule has 1 unspecified atom stereocenters. The molecule has 0 radical (unpaired) electrons. The molecule has 4 nitrogen and oxygen atoms in total. The highest BCUT2D eigenvalue weighted by Gasteiger charge is 2.26. The third-order valence-corrected chi connectivity index (χ3v) is 6.74. The van der Waals surface area contributed by atoms with E-state index in [9.17, 15) is 4.79 Å². The first-order valence-electron chi connectivity index (χ1n) is 12.3. The SMILES string of the molecule is CCOC(=O)c1cc(/C=C2\CCC(CN(C)C)C(c3cccc(OC)c3)=C2C)cc2ccccc12.Cl. The lowest BCUT2D eigenvalue weighted by atomic mass is 9.76. The van der Waals surface area contributed by atoms with Crippen molar-refractivity contribution in [1.82, 2.24) is 4.90 Å². The van der Waals surface area contributed by atoms with Gasteiger partial charge in [0.2, 0.25) is 0 Å². The number of ether oxygens (including phenoxy) is 2. The maximum atomic E-state index is 12.7. The number of allylic oxidation sites excluding steroid dienone is 2. The van der Waals surface area contributed by atoms with E-state index in [1.165, 1.54) is 22.3 Å². The van der Waals surface area contributed by atoms with Crippen LogP contribution in [0.4, 0.5) is 0 Å². The van der Waals surface area contributed by atoms with E-state index < -0.39 is 0 Å². The highest BCUT2D eigenvalue weighted by molar-refractivity contribution is 6.05. The van der Waals surface area contributed by atoms with Crippen LogP contribution in [0.3, 0.4) is 0 Å². The van der Waals surface area contributed by atoms with Crippen molar-refractivity contribution < 1.29 is 14.3 Å². The number of carbonyl (C=O) groups excluding carboxylic acids is 1. The van der Waals surface area contributed by atoms with Crippen molar-refractivity contribution in [3.05, 3.63) is 88.5 Å². The van der Waals surface area contributed by atoms with Crippen molar-refractivity contribution in [3.8, 4) is 5.75 Å². The van der Waals surface area contributed by atoms with Crippen LogP contribution in [-0.2, 0) is 4.74 Å². The van der Waals surface area contributed by atoms with Gasteiger partial charge in [-0.25, -0.2) is 4.79 Å². The summed E-state index contributed by atoms with van der Waals surface area (Å²) in [7, 11) is 5.98. The zero-order valence-corrected chi connectivity index (χ0v) is 22.7. The molecule has 0 spiro atoms. The molecule has 1 aliphatic rings. The smallest absolute Gasteiger partial charge is 0.338 e. The van der Waals surface area contributed by atoms with Crippen molar-refractivity contribution in [3.63, 3.8) is 0 Å². The van der Waals surface area contributed by atoms with Crippen LogP contribution < -0.4 is 4.74 Å². The molecule has 5 heteroatoms. The molecular formula is C31H36ClNO3. The third-order valence-electron chi connectivity index (χ3n) is 6.74. The molecule has 0 heterocycles. The highest BCUT2D eigenvalue weighted by atomic mass is 35.5. The van der Waals surface area contributed by atoms with Crippen molar-refractivity contribution >= 4 is 40.8 Å². The summed E-state index contributed by atoms with van der Waals surface area (Å²) in [6.07, 6.45) is 4.32. The molecule has 0 bridgehead atoms. The predicted molar refractivity (Wildman–Crippen MR) is 152 cm³/mol. The van der Waals surface area contributed by atoms with Crippen molar-refractivity contribution in [2.24, 2.45) is 5.92 Å². The number of halogens is 1. The van der Waals surface area contributed by atoms with Gasteiger partial charge in [-0.2, -0.15) is 0 Å². The molecule has 3 aromatic carbocycles. The van der Waals surface area contributed by atoms with E-state index in [0.29, 0.717) is 18.1 Å². The lowest BCUT2D eigenvalue weighted by Gasteiger charge is -2.32. The first-order chi connectivity index (χ1) is 16.9. The second-order valence-electron chi connectivity index (χ2n) is 9.45. The summed E-state index contributed by atoms with van der Waals surface area (Å²) in [5.74, 6) is 1.04. The molecule has 0 N–H and O–H groups in total. The van der Waals surface area contributed by atoms with Gasteiger partial charge in [0.25, 0.3) is 0 Å². The number of rotatable bonds is 7. The summed E-state index contributed by atoms with van der Waals surface area (Å²) in [6.45, 7) is 5.43. The van der Waals surface area contributed by atoms with Crippen molar-refractivity contribution in [2.45, 2.75) is 26.7 Å². The Labute approximate surface area is 221 Å². The van der Waals surface area contributed by atoms with Crippen LogP contribution in [0.25, 0.3) is 22.4 Å². The lowest BCUT2D eigenvalue weighted by Crippen LogP contribution is -2.25. The average molecular weight is 506 g/mol. The lowest BCUT2D eigenvalue weighted by molar-refractivity contribution is 0.0528. The monoisotopic (exact) mass is 505 g/mol. The molecule has 0 saturated carbocycles. The molecule has 36 heavy (non-hydrogen) atoms. The molecule has 190 valence electrons. The van der Waals surface area contributed by atoms with Gasteiger partial charge >= 0.3 is 5.97 Å². The molecule has 0 aliphatic heterocycles. The Morgan fingerprint density at radius 1 is 1.08 bits per heavy atom. The van der Waals surface area contributed by atoms with Gasteiger partial charge in [-0.15, -0.1) is 12.4 Å². The largest absolute Gasteiger partial charge is 0.497 e. The number of nitrogens with zero attached hydrogens (tertiary/aromatic N) is 1. The van der Waals surface area contributed by atoms with Crippen LogP contribution in [-0.4, -0.2) is 45.2 Å². The topological polar surface area (TPSA) is 38.8 Å². The number of benzene rings is 3. The van der Waals surface area contributed by atoms with E-state index in [1.807, 2.05) is 37.3 Å². The summed E-state index contributed by atoms with van der Waals surface area (Å²) in [4.78, 5) is 15.0. The molecule has 0 amide bonds. The third kappa shape index (κ3) is 6.00. The minimum absolute atomic E-state index is 0. The van der Waals surface area contributed by atoms with E-state index in [1.54, 1.807) is 7.11 Å². The normalized spacial score (nSPS) is 16.8. The van der Waals surface area contributed by atoms with Crippen LogP contribution in [0, 0.1) is 5.92 Å². The zero-order valence-electron chi connectivity index (χ0n) is 21.8. The fourth-order valence-corrected chi connectivity index (χ4v) is 5.18. The summed E-state index contributed by atoms with van der Waals surface area (Å²) in [6, 6.07) is 20.5. The van der Waals surface area contributed by atoms with E-state index in [4.69, 9.17) is 9.47 Å². The standard InChI is InChI=1S/C31H35NO3.ClH/c1-6-35-31(33)29-18-22(17-24-10-7-8-13-28(24)29)16-23-14-15-26(20-32(3)4)30(21(23)2)25-11-9-12-27(19-25)34-5;/h7-13,16-19,26H,6,14-15,20H2,1-5H3;1H/b23-16+;. The van der Waals surface area contributed by atoms with Crippen molar-refractivity contribution in [2.75, 3.05) is 34.4 Å². The van der Waals surface area contributed by atoms with Gasteiger partial charge in [0.05, 0.1) is 19.3 Å². The van der Waals surface area contributed by atoms with Crippen LogP contribution in [0.5, 0.6) is 5.75 Å². The Bertz CT molecular complexity index is 1290. The van der Waals surface area contributed by atoms with Gasteiger partial charge in [0.15, 0.2) is 0 Å². The maximum absolute atomic E-state index is 12.7. The highest BCUT2D eigenvalue weighted by Crippen LogP contribution is 2.41. The Balaban J connectivity index is 0.00000361. The number of hydrogen-bond acceptors (Lipinski definition) is 4. The van der Waals surface area contributed by atoms with Gasteiger partial charge in [-0.1, -0.05) is 42.5 Å². The Hall–Kier alpha value is -3.08. The number of carbonyl (C=O) groups is 1. The summed E-state index contributed by atoms with van der Waals surface area (Å²) < 4.78 is 10.9. The van der Waals surface area contributed by atoms with Crippen LogP contribution in [0.1, 0.15) is 48.2 Å². The minimum atomic E-state index is -0.275. The zero-order chi connectivity index (χ0) is 24.9. The average Bonchev–Trinajstić information content (AvgIpc) is 2.85. The molecule has 4 rings (SSSR count). The fraction of sp³-hybridized carbons (Fsp3) is 0.323. The van der Waals surface area contributed by atoms with Gasteiger partial charge in [-0.3, -0.25) is 0 Å². The van der Waals surface area contributed by atoms with Crippen molar-refractivity contribution in [1.29, 1.82) is 0 Å². The fourth-order valence-electron chi connectivity index (χ4n) is 5.18. The summed E-state index contributed by atoms with van der Waals surface area (Å²) in [5.41, 5.74) is 6.85. The predicted octanol–water partition coefficient (Wildman–Crippen LogP) is 7.28. The second-order valence-corrected chi connectivity index (χ2v) is 9.45. The summed E-state index contributed by atoms with van der Waals surface area (Å²) >= 11 is 0. The Kier molecular flexibility index (Phi) is 9.36. The molecule has 0 saturated heterocycles. The first-order valence-corrected chi connectivity index (χ1v) is 12.3. The molecule has 0 fully saturated rings. The van der Waals surface area contributed by atoms with E-state index in [-0.39, 0.29) is 18.4 Å². The molecule has 1 atom stereocenters. The van der Waals surface area contributed by atoms with Gasteiger partial charge in [0, 0.05) is 6.54 Å². The molecule has 3 aromatic rings. The van der Waals surface area contributed by atoms with E-state index >= 15 is 0 Å². The van der Waals surface area contributed by atoms with E-state index in [2.05, 4.69) is 62.3 Å². The van der Waals surface area contributed by atoms with Gasteiger partial charge in [-0.05, 0) is 110 Å². The number of fused-ring (bicyclic) bond motifs is 1. The van der Waals surface area contributed by atoms with E-state index in [0.717, 1.165) is 41.5 Å². The van der Waals surface area contributed by atoms with Crippen LogP contribution in [0.15, 0.2) is 71.8 Å². The number of hydrogen-bond donors (Lipinski definition) is 0. The van der Waals surface area contributed by atoms with Gasteiger partial charge < -0.3 is 14.4 Å². The number of esters is 1. The van der Waals surface area contributed by atoms with Crippen LogP contribution >= 0.6 is 12.4 Å².